The van der Waals surface area contributed by atoms with Gasteiger partial charge in [-0.25, -0.2) is 0 Å². The fraction of sp³-hybridized carbons (Fsp3) is 0.333. The number of hydrogen-bond donors (Lipinski definition) is 3. The first kappa shape index (κ1) is 10.9. The second kappa shape index (κ2) is 4.11. The van der Waals surface area contributed by atoms with Crippen molar-refractivity contribution in [3.8, 4) is 0 Å². The van der Waals surface area contributed by atoms with Crippen LogP contribution in [-0.4, -0.2) is 28.9 Å². The fourth-order valence-electron chi connectivity index (χ4n) is 1.68. The molecule has 0 fully saturated rings. The second-order valence-corrected chi connectivity index (χ2v) is 3.69. The summed E-state index contributed by atoms with van der Waals surface area (Å²) in [7, 11) is -1.49. The molecule has 7 heteroatoms. The highest BCUT2D eigenvalue weighted by Crippen LogP contribution is 2.31. The summed E-state index contributed by atoms with van der Waals surface area (Å²) in [6.07, 6.45) is 3.59. The van der Waals surface area contributed by atoms with E-state index >= 15 is 0 Å². The molecule has 3 N–H and O–H groups in total. The van der Waals surface area contributed by atoms with Crippen LogP contribution in [0, 0.1) is 5.92 Å². The van der Waals surface area contributed by atoms with Gasteiger partial charge in [-0.2, -0.15) is 0 Å². The average Bonchev–Trinajstić information content (AvgIpc) is 2.60. The minimum Gasteiger partial charge on any atom is -0.423 e. The zero-order valence-corrected chi connectivity index (χ0v) is 8.67. The Morgan fingerprint density at radius 1 is 1.62 bits per heavy atom. The van der Waals surface area contributed by atoms with Crippen molar-refractivity contribution < 1.29 is 19.7 Å². The number of nitrogens with one attached hydrogen (secondary N) is 1. The van der Waals surface area contributed by atoms with Crippen molar-refractivity contribution in [1.29, 1.82) is 0 Å². The van der Waals surface area contributed by atoms with Crippen molar-refractivity contribution in [3.05, 3.63) is 23.4 Å². The predicted octanol–water partition coefficient (Wildman–Crippen LogP) is -0.692. The topological polar surface area (TPSA) is 91.2 Å². The number of amides is 1. The molecular formula is C9H11BN2O4. The van der Waals surface area contributed by atoms with Crippen molar-refractivity contribution in [2.75, 3.05) is 0 Å². The molecule has 84 valence electrons. The highest BCUT2D eigenvalue weighted by atomic mass is 16.6. The van der Waals surface area contributed by atoms with Gasteiger partial charge in [0, 0.05) is 6.92 Å². The van der Waals surface area contributed by atoms with E-state index in [2.05, 4.69) is 10.5 Å². The Labute approximate surface area is 92.4 Å². The highest BCUT2D eigenvalue weighted by molar-refractivity contribution is 6.50. The minimum atomic E-state index is -1.49. The smallest absolute Gasteiger partial charge is 0.423 e. The number of fused-ring (bicyclic) bond motifs is 1. The molecule has 6 nitrogen and oxygen atoms in total. The van der Waals surface area contributed by atoms with Crippen molar-refractivity contribution in [2.24, 2.45) is 11.1 Å². The van der Waals surface area contributed by atoms with Gasteiger partial charge in [0.25, 0.3) is 0 Å². The lowest BCUT2D eigenvalue weighted by atomic mass is 9.72. The van der Waals surface area contributed by atoms with E-state index in [4.69, 9.17) is 14.9 Å². The molecule has 0 aromatic heterocycles. The molecule has 0 spiro atoms. The molecule has 0 aromatic rings. The summed E-state index contributed by atoms with van der Waals surface area (Å²) >= 11 is 0. The van der Waals surface area contributed by atoms with Gasteiger partial charge in [0.05, 0.1) is 5.92 Å². The maximum atomic E-state index is 10.9. The van der Waals surface area contributed by atoms with Crippen molar-refractivity contribution in [1.82, 2.24) is 5.32 Å². The van der Waals surface area contributed by atoms with Crippen LogP contribution in [0.5, 0.6) is 0 Å². The zero-order chi connectivity index (χ0) is 11.7. The summed E-state index contributed by atoms with van der Waals surface area (Å²) in [6.45, 7) is 1.38. The number of hydrogen-bond acceptors (Lipinski definition) is 5. The van der Waals surface area contributed by atoms with Crippen LogP contribution >= 0.6 is 0 Å². The molecular weight excluding hydrogens is 211 g/mol. The molecule has 0 aromatic carbocycles. The Balaban J connectivity index is 2.14. The molecule has 1 unspecified atom stereocenters. The number of allylic oxidation sites excluding steroid dienone is 3. The summed E-state index contributed by atoms with van der Waals surface area (Å²) in [4.78, 5) is 15.9. The molecule has 16 heavy (non-hydrogen) atoms. The lowest BCUT2D eigenvalue weighted by Crippen LogP contribution is -2.34. The third kappa shape index (κ3) is 2.00. The molecule has 0 saturated carbocycles. The number of rotatable bonds is 1. The van der Waals surface area contributed by atoms with Crippen LogP contribution < -0.4 is 5.32 Å². The van der Waals surface area contributed by atoms with Crippen LogP contribution in [0.1, 0.15) is 13.3 Å². The third-order valence-electron chi connectivity index (χ3n) is 2.46. The van der Waals surface area contributed by atoms with Crippen molar-refractivity contribution in [3.63, 3.8) is 0 Å². The molecule has 1 aliphatic heterocycles. The van der Waals surface area contributed by atoms with Gasteiger partial charge in [-0.1, -0.05) is 11.2 Å². The Hall–Kier alpha value is -1.60. The number of amidine groups is 1. The van der Waals surface area contributed by atoms with Gasteiger partial charge in [-0.05, 0) is 18.0 Å². The van der Waals surface area contributed by atoms with E-state index in [0.29, 0.717) is 23.5 Å². The fourth-order valence-corrected chi connectivity index (χ4v) is 1.68. The zero-order valence-electron chi connectivity index (χ0n) is 8.67. The van der Waals surface area contributed by atoms with Crippen LogP contribution in [0.25, 0.3) is 0 Å². The first-order valence-corrected chi connectivity index (χ1v) is 4.87. The van der Waals surface area contributed by atoms with Crippen LogP contribution in [0.15, 0.2) is 28.5 Å². The van der Waals surface area contributed by atoms with Crippen LogP contribution in [-0.2, 0) is 9.63 Å². The normalized spacial score (nSPS) is 22.4. The van der Waals surface area contributed by atoms with Gasteiger partial charge in [0.2, 0.25) is 5.91 Å². The van der Waals surface area contributed by atoms with E-state index in [1.165, 1.54) is 6.92 Å². The van der Waals surface area contributed by atoms with E-state index in [1.54, 1.807) is 12.2 Å². The van der Waals surface area contributed by atoms with Gasteiger partial charge in [0.1, 0.15) is 5.76 Å². The van der Waals surface area contributed by atoms with Crippen LogP contribution in [0.3, 0.4) is 0 Å². The number of carbonyl (C=O) groups is 1. The van der Waals surface area contributed by atoms with E-state index in [0.717, 1.165) is 0 Å². The summed E-state index contributed by atoms with van der Waals surface area (Å²) in [6, 6.07) is 0. The lowest BCUT2D eigenvalue weighted by Gasteiger charge is -2.17. The standard InChI is InChI=1S/C9H11BN2O4/c1-5(13)11-9-7-4-6(10(14)15)2-3-8(7)16-12-9/h2-3,7,14-15H,4H2,1H3,(H,11,12,13). The molecule has 1 aliphatic carbocycles. The second-order valence-electron chi connectivity index (χ2n) is 3.69. The van der Waals surface area contributed by atoms with Crippen molar-refractivity contribution in [2.45, 2.75) is 13.3 Å². The largest absolute Gasteiger partial charge is 0.484 e. The summed E-state index contributed by atoms with van der Waals surface area (Å²) in [5.41, 5.74) is 0.470. The Kier molecular flexibility index (Phi) is 2.80. The molecule has 1 amide bonds. The SMILES string of the molecule is CC(=O)NC1=NOC2=CC=C(B(O)O)CC21. The van der Waals surface area contributed by atoms with E-state index in [1.807, 2.05) is 0 Å². The monoisotopic (exact) mass is 222 g/mol. The molecule has 2 aliphatic rings. The number of nitrogens with zero attached hydrogens (tertiary/aromatic N) is 1. The lowest BCUT2D eigenvalue weighted by molar-refractivity contribution is -0.117. The first-order chi connectivity index (χ1) is 7.58. The van der Waals surface area contributed by atoms with Gasteiger partial charge in [0.15, 0.2) is 5.84 Å². The summed E-state index contributed by atoms with van der Waals surface area (Å²) in [5, 5.41) is 24.4. The average molecular weight is 222 g/mol. The third-order valence-corrected chi connectivity index (χ3v) is 2.46. The summed E-state index contributed by atoms with van der Waals surface area (Å²) in [5.74, 6) is 0.549. The molecule has 1 atom stereocenters. The minimum absolute atomic E-state index is 0.231. The predicted molar refractivity (Wildman–Crippen MR) is 56.8 cm³/mol. The Morgan fingerprint density at radius 2 is 2.38 bits per heavy atom. The summed E-state index contributed by atoms with van der Waals surface area (Å²) < 4.78 is 0. The van der Waals surface area contributed by atoms with Gasteiger partial charge in [-0.3, -0.25) is 4.79 Å². The highest BCUT2D eigenvalue weighted by Gasteiger charge is 2.34. The number of carbonyl (C=O) groups excluding carboxylic acids is 1. The maximum Gasteiger partial charge on any atom is 0.484 e. The van der Waals surface area contributed by atoms with E-state index in [9.17, 15) is 4.79 Å². The molecule has 1 heterocycles. The Morgan fingerprint density at radius 3 is 3.00 bits per heavy atom. The molecule has 0 radical (unpaired) electrons. The van der Waals surface area contributed by atoms with E-state index in [-0.39, 0.29) is 11.8 Å². The van der Waals surface area contributed by atoms with E-state index < -0.39 is 7.12 Å². The molecule has 2 rings (SSSR count). The van der Waals surface area contributed by atoms with Crippen LogP contribution in [0.4, 0.5) is 0 Å². The maximum absolute atomic E-state index is 10.9. The van der Waals surface area contributed by atoms with Crippen LogP contribution in [0.2, 0.25) is 0 Å². The number of oxime groups is 1. The Bertz CT molecular complexity index is 414. The molecule has 0 bridgehead atoms. The van der Waals surface area contributed by atoms with Gasteiger partial charge >= 0.3 is 7.12 Å². The quantitative estimate of drug-likeness (QED) is 0.512. The van der Waals surface area contributed by atoms with Gasteiger partial charge in [-0.15, -0.1) is 0 Å². The first-order valence-electron chi connectivity index (χ1n) is 4.87. The van der Waals surface area contributed by atoms with Gasteiger partial charge < -0.3 is 20.2 Å². The van der Waals surface area contributed by atoms with Crippen molar-refractivity contribution >= 4 is 18.9 Å². The molecule has 0 saturated heterocycles.